The fourth-order valence-corrected chi connectivity index (χ4v) is 3.46. The molecule has 2 heterocycles. The molecular weight excluding hydrogens is 368 g/mol. The zero-order chi connectivity index (χ0) is 20.1. The normalized spacial score (nSPS) is 15.4. The van der Waals surface area contributed by atoms with Crippen molar-refractivity contribution in [3.63, 3.8) is 0 Å². The fraction of sp³-hybridized carbons (Fsp3) is 0.217. The Morgan fingerprint density at radius 1 is 1.00 bits per heavy atom. The van der Waals surface area contributed by atoms with Gasteiger partial charge < -0.3 is 14.5 Å². The van der Waals surface area contributed by atoms with Gasteiger partial charge in [0, 0.05) is 6.42 Å². The number of carbonyl (C=O) groups excluding carboxylic acids is 2. The van der Waals surface area contributed by atoms with Crippen molar-refractivity contribution < 1.29 is 18.7 Å². The van der Waals surface area contributed by atoms with E-state index in [9.17, 15) is 9.59 Å². The van der Waals surface area contributed by atoms with Crippen molar-refractivity contribution in [2.24, 2.45) is 0 Å². The Morgan fingerprint density at radius 2 is 1.76 bits per heavy atom. The molecule has 1 N–H and O–H groups in total. The van der Waals surface area contributed by atoms with Crippen LogP contribution in [-0.2, 0) is 35.6 Å². The molecule has 1 atom stereocenters. The van der Waals surface area contributed by atoms with Crippen LogP contribution < -0.4 is 5.32 Å². The number of carbonyl (C=O) groups is 2. The third-order valence-electron chi connectivity index (χ3n) is 5.01. The van der Waals surface area contributed by atoms with Crippen LogP contribution in [-0.4, -0.2) is 22.9 Å². The van der Waals surface area contributed by atoms with Crippen LogP contribution >= 0.6 is 0 Å². The maximum atomic E-state index is 12.9. The van der Waals surface area contributed by atoms with Crippen molar-refractivity contribution in [2.75, 3.05) is 0 Å². The minimum atomic E-state index is -0.636. The molecular formula is C23H22N2O4. The third-order valence-corrected chi connectivity index (χ3v) is 5.01. The average molecular weight is 390 g/mol. The molecule has 29 heavy (non-hydrogen) atoms. The summed E-state index contributed by atoms with van der Waals surface area (Å²) in [6, 6.07) is 20.3. The van der Waals surface area contributed by atoms with Gasteiger partial charge in [-0.1, -0.05) is 54.6 Å². The Labute approximate surface area is 169 Å². The molecule has 0 bridgehead atoms. The molecule has 2 aromatic carbocycles. The Balaban J connectivity index is 1.48. The summed E-state index contributed by atoms with van der Waals surface area (Å²) >= 11 is 0. The van der Waals surface area contributed by atoms with Gasteiger partial charge >= 0.3 is 6.09 Å². The van der Waals surface area contributed by atoms with Gasteiger partial charge in [-0.2, -0.15) is 0 Å². The highest BCUT2D eigenvalue weighted by Crippen LogP contribution is 2.24. The molecule has 0 radical (unpaired) electrons. The van der Waals surface area contributed by atoms with Gasteiger partial charge in [0.1, 0.15) is 18.4 Å². The topological polar surface area (TPSA) is 71.8 Å². The maximum absolute atomic E-state index is 12.9. The van der Waals surface area contributed by atoms with Crippen molar-refractivity contribution >= 4 is 12.0 Å². The second-order valence-corrected chi connectivity index (χ2v) is 6.95. The van der Waals surface area contributed by atoms with Gasteiger partial charge in [-0.3, -0.25) is 9.69 Å². The molecule has 6 nitrogen and oxygen atoms in total. The van der Waals surface area contributed by atoms with Crippen LogP contribution in [0.2, 0.25) is 0 Å². The minimum absolute atomic E-state index is 0.165. The highest BCUT2D eigenvalue weighted by Gasteiger charge is 2.35. The summed E-state index contributed by atoms with van der Waals surface area (Å²) < 4.78 is 10.8. The van der Waals surface area contributed by atoms with E-state index in [0.29, 0.717) is 18.7 Å². The van der Waals surface area contributed by atoms with E-state index in [1.165, 1.54) is 4.90 Å². The first kappa shape index (κ1) is 18.8. The average Bonchev–Trinajstić information content (AvgIpc) is 3.29. The number of hydrogen-bond acceptors (Lipinski definition) is 4. The molecule has 0 spiro atoms. The van der Waals surface area contributed by atoms with E-state index >= 15 is 0 Å². The molecule has 0 saturated heterocycles. The number of amides is 2. The lowest BCUT2D eigenvalue weighted by Gasteiger charge is -2.35. The van der Waals surface area contributed by atoms with Crippen LogP contribution in [0.15, 0.2) is 77.4 Å². The van der Waals surface area contributed by atoms with Gasteiger partial charge in [-0.15, -0.1) is 0 Å². The van der Waals surface area contributed by atoms with Crippen molar-refractivity contribution in [2.45, 2.75) is 32.2 Å². The summed E-state index contributed by atoms with van der Waals surface area (Å²) in [6.07, 6.45) is 1.51. The van der Waals surface area contributed by atoms with Gasteiger partial charge in [-0.25, -0.2) is 4.79 Å². The molecule has 0 unspecified atom stereocenters. The van der Waals surface area contributed by atoms with Crippen molar-refractivity contribution in [3.05, 3.63) is 95.4 Å². The highest BCUT2D eigenvalue weighted by atomic mass is 16.6. The summed E-state index contributed by atoms with van der Waals surface area (Å²) in [5.74, 6) is 0.431. The first-order valence-electron chi connectivity index (χ1n) is 9.55. The van der Waals surface area contributed by atoms with Crippen LogP contribution in [0.5, 0.6) is 0 Å². The van der Waals surface area contributed by atoms with E-state index in [1.54, 1.807) is 18.4 Å². The van der Waals surface area contributed by atoms with E-state index in [1.807, 2.05) is 54.6 Å². The number of hydrogen-bond donors (Lipinski definition) is 1. The van der Waals surface area contributed by atoms with Crippen molar-refractivity contribution in [1.29, 1.82) is 0 Å². The van der Waals surface area contributed by atoms with Gasteiger partial charge in [0.05, 0.1) is 19.4 Å². The lowest BCUT2D eigenvalue weighted by Crippen LogP contribution is -2.52. The molecule has 0 fully saturated rings. The summed E-state index contributed by atoms with van der Waals surface area (Å²) in [5, 5.41) is 2.86. The second kappa shape index (κ2) is 8.65. The van der Waals surface area contributed by atoms with Crippen LogP contribution in [0.3, 0.4) is 0 Å². The summed E-state index contributed by atoms with van der Waals surface area (Å²) in [7, 11) is 0. The fourth-order valence-electron chi connectivity index (χ4n) is 3.46. The molecule has 0 aliphatic carbocycles. The van der Waals surface area contributed by atoms with E-state index in [-0.39, 0.29) is 19.1 Å². The number of nitrogens with one attached hydrogen (secondary N) is 1. The van der Waals surface area contributed by atoms with Gasteiger partial charge in [-0.05, 0) is 28.8 Å². The summed E-state index contributed by atoms with van der Waals surface area (Å²) in [5.41, 5.74) is 2.99. The zero-order valence-electron chi connectivity index (χ0n) is 15.9. The predicted octanol–water partition coefficient (Wildman–Crippen LogP) is 3.66. The Bertz CT molecular complexity index is 970. The van der Waals surface area contributed by atoms with Crippen LogP contribution in [0.25, 0.3) is 0 Å². The Morgan fingerprint density at radius 3 is 2.52 bits per heavy atom. The minimum Gasteiger partial charge on any atom is -0.467 e. The number of benzene rings is 2. The first-order chi connectivity index (χ1) is 14.2. The first-order valence-corrected chi connectivity index (χ1v) is 9.55. The van der Waals surface area contributed by atoms with Crippen molar-refractivity contribution in [1.82, 2.24) is 10.2 Å². The zero-order valence-corrected chi connectivity index (χ0v) is 15.9. The van der Waals surface area contributed by atoms with Crippen LogP contribution in [0.4, 0.5) is 4.79 Å². The molecule has 6 heteroatoms. The Kier molecular flexibility index (Phi) is 5.61. The number of fused-ring (bicyclic) bond motifs is 1. The lowest BCUT2D eigenvalue weighted by atomic mass is 9.94. The Hall–Kier alpha value is -3.54. The number of furan rings is 1. The quantitative estimate of drug-likeness (QED) is 0.722. The maximum Gasteiger partial charge on any atom is 0.411 e. The third kappa shape index (κ3) is 4.48. The highest BCUT2D eigenvalue weighted by molar-refractivity contribution is 5.86. The molecule has 2 amide bonds. The van der Waals surface area contributed by atoms with E-state index < -0.39 is 12.1 Å². The molecule has 1 aromatic heterocycles. The molecule has 4 rings (SSSR count). The number of nitrogens with zero attached hydrogens (tertiary/aromatic N) is 1. The van der Waals surface area contributed by atoms with E-state index in [0.717, 1.165) is 16.7 Å². The van der Waals surface area contributed by atoms with Crippen LogP contribution in [0.1, 0.15) is 22.5 Å². The standard InChI is InChI=1S/C23H22N2O4/c26-22(24-14-20-11-6-12-28-20)21-13-18-9-4-5-10-19(18)15-25(21)23(27)29-16-17-7-2-1-3-8-17/h1-12,21H,13-16H2,(H,24,26)/t21-/m0/s1. The van der Waals surface area contributed by atoms with Gasteiger partial charge in [0.15, 0.2) is 0 Å². The predicted molar refractivity (Wildman–Crippen MR) is 107 cm³/mol. The van der Waals surface area contributed by atoms with E-state index in [2.05, 4.69) is 5.32 Å². The second-order valence-electron chi connectivity index (χ2n) is 6.95. The summed E-state index contributed by atoms with van der Waals surface area (Å²) in [6.45, 7) is 0.776. The molecule has 3 aromatic rings. The smallest absolute Gasteiger partial charge is 0.411 e. The lowest BCUT2D eigenvalue weighted by molar-refractivity contribution is -0.126. The largest absolute Gasteiger partial charge is 0.467 e. The molecule has 0 saturated carbocycles. The SMILES string of the molecule is O=C(NCc1ccco1)[C@@H]1Cc2ccccc2CN1C(=O)OCc1ccccc1. The molecule has 1 aliphatic heterocycles. The number of ether oxygens (including phenoxy) is 1. The molecule has 1 aliphatic rings. The number of rotatable bonds is 5. The van der Waals surface area contributed by atoms with E-state index in [4.69, 9.17) is 9.15 Å². The van der Waals surface area contributed by atoms with Gasteiger partial charge in [0.2, 0.25) is 5.91 Å². The molecule has 148 valence electrons. The monoisotopic (exact) mass is 390 g/mol. The van der Waals surface area contributed by atoms with Gasteiger partial charge in [0.25, 0.3) is 0 Å². The summed E-state index contributed by atoms with van der Waals surface area (Å²) in [4.78, 5) is 27.2. The van der Waals surface area contributed by atoms with Crippen molar-refractivity contribution in [3.8, 4) is 0 Å². The van der Waals surface area contributed by atoms with Crippen LogP contribution in [0, 0.1) is 0 Å².